The molecule has 1 aromatic rings. The van der Waals surface area contributed by atoms with Crippen LogP contribution >= 0.6 is 0 Å². The molecule has 1 saturated heterocycles. The molecule has 0 radical (unpaired) electrons. The summed E-state index contributed by atoms with van der Waals surface area (Å²) in [6.45, 7) is 4.47. The van der Waals surface area contributed by atoms with Crippen molar-refractivity contribution in [1.29, 1.82) is 0 Å². The van der Waals surface area contributed by atoms with Crippen molar-refractivity contribution < 1.29 is 22.7 Å². The minimum absolute atomic E-state index is 0.107. The Balaban J connectivity index is 2.24. The molecule has 0 bridgehead atoms. The van der Waals surface area contributed by atoms with Crippen molar-refractivity contribution in [3.05, 3.63) is 11.8 Å². The third-order valence-electron chi connectivity index (χ3n) is 3.19. The van der Waals surface area contributed by atoms with E-state index < -0.39 is 21.5 Å². The molecule has 2 heterocycles. The first kappa shape index (κ1) is 15.9. The van der Waals surface area contributed by atoms with E-state index in [2.05, 4.69) is 14.9 Å². The van der Waals surface area contributed by atoms with Gasteiger partial charge in [0.1, 0.15) is 5.56 Å². The van der Waals surface area contributed by atoms with Crippen LogP contribution in [0, 0.1) is 0 Å². The Morgan fingerprint density at radius 1 is 1.62 bits per heavy atom. The summed E-state index contributed by atoms with van der Waals surface area (Å²) in [5, 5.41) is 5.70. The molecule has 1 aromatic heterocycles. The summed E-state index contributed by atoms with van der Waals surface area (Å²) >= 11 is 0. The molecular weight excluding hydrogens is 298 g/mol. The van der Waals surface area contributed by atoms with Gasteiger partial charge in [0.25, 0.3) is 10.0 Å². The van der Waals surface area contributed by atoms with Gasteiger partial charge in [-0.1, -0.05) is 0 Å². The summed E-state index contributed by atoms with van der Waals surface area (Å²) in [7, 11) is -3.92. The van der Waals surface area contributed by atoms with Crippen LogP contribution in [0.25, 0.3) is 0 Å². The average Bonchev–Trinajstić information content (AvgIpc) is 2.88. The number of esters is 1. The van der Waals surface area contributed by atoms with Gasteiger partial charge < -0.3 is 9.47 Å². The lowest BCUT2D eigenvalue weighted by atomic mass is 9.97. The van der Waals surface area contributed by atoms with Crippen LogP contribution in [0.15, 0.2) is 11.2 Å². The highest BCUT2D eigenvalue weighted by Crippen LogP contribution is 2.22. The fraction of sp³-hybridized carbons (Fsp3) is 0.667. The number of carbonyl (C=O) groups excluding carboxylic acids is 1. The van der Waals surface area contributed by atoms with Crippen LogP contribution in [0.2, 0.25) is 0 Å². The molecule has 0 aromatic carbocycles. The fourth-order valence-corrected chi connectivity index (χ4v) is 3.73. The maximum absolute atomic E-state index is 12.5. The van der Waals surface area contributed by atoms with Gasteiger partial charge in [-0.15, -0.1) is 0 Å². The zero-order valence-corrected chi connectivity index (χ0v) is 12.8. The summed E-state index contributed by atoms with van der Waals surface area (Å²) in [5.74, 6) is -0.725. The standard InChI is InChI=1S/C12H19N3O5S/c1-3-20-11(16)9-7-13-14-10(9)21(17,18)15-12(2)5-4-6-19-8-12/h7,15H,3-6,8H2,1-2H3,(H,13,14). The molecule has 1 atom stereocenters. The van der Waals surface area contributed by atoms with Crippen molar-refractivity contribution in [2.24, 2.45) is 0 Å². The van der Waals surface area contributed by atoms with Gasteiger partial charge in [0.05, 0.1) is 24.9 Å². The summed E-state index contributed by atoms with van der Waals surface area (Å²) < 4.78 is 37.6. The Bertz CT molecular complexity index is 604. The first-order valence-electron chi connectivity index (χ1n) is 6.70. The third kappa shape index (κ3) is 3.60. The number of aromatic nitrogens is 2. The molecule has 2 rings (SSSR count). The summed E-state index contributed by atoms with van der Waals surface area (Å²) in [6.07, 6.45) is 2.58. The SMILES string of the molecule is CCOC(=O)c1cn[nH]c1S(=O)(=O)NC1(C)CCCOC1. The van der Waals surface area contributed by atoms with Gasteiger partial charge in [0, 0.05) is 6.61 Å². The normalized spacial score (nSPS) is 23.0. The van der Waals surface area contributed by atoms with Crippen molar-refractivity contribution in [3.63, 3.8) is 0 Å². The first-order valence-corrected chi connectivity index (χ1v) is 8.18. The molecule has 8 nitrogen and oxygen atoms in total. The fourth-order valence-electron chi connectivity index (χ4n) is 2.22. The number of sulfonamides is 1. The second-order valence-corrected chi connectivity index (χ2v) is 6.77. The Hall–Kier alpha value is -1.45. The van der Waals surface area contributed by atoms with Gasteiger partial charge in [0.2, 0.25) is 0 Å². The smallest absolute Gasteiger partial charge is 0.342 e. The molecule has 9 heteroatoms. The largest absolute Gasteiger partial charge is 0.462 e. The van der Waals surface area contributed by atoms with Gasteiger partial charge in [0.15, 0.2) is 5.03 Å². The molecule has 0 amide bonds. The maximum atomic E-state index is 12.5. The molecule has 118 valence electrons. The van der Waals surface area contributed by atoms with Crippen molar-refractivity contribution in [1.82, 2.24) is 14.9 Å². The molecular formula is C12H19N3O5S. The van der Waals surface area contributed by atoms with Crippen molar-refractivity contribution in [2.75, 3.05) is 19.8 Å². The third-order valence-corrected chi connectivity index (χ3v) is 4.80. The van der Waals surface area contributed by atoms with Gasteiger partial charge >= 0.3 is 5.97 Å². The predicted molar refractivity (Wildman–Crippen MR) is 73.3 cm³/mol. The van der Waals surface area contributed by atoms with E-state index in [1.54, 1.807) is 13.8 Å². The number of nitrogens with zero attached hydrogens (tertiary/aromatic N) is 1. The Kier molecular flexibility index (Phi) is 4.64. The number of H-pyrrole nitrogens is 1. The van der Waals surface area contributed by atoms with Crippen LogP contribution in [0.4, 0.5) is 0 Å². The van der Waals surface area contributed by atoms with Crippen LogP contribution < -0.4 is 4.72 Å². The van der Waals surface area contributed by atoms with Gasteiger partial charge in [-0.2, -0.15) is 5.10 Å². The molecule has 0 spiro atoms. The van der Waals surface area contributed by atoms with Crippen molar-refractivity contribution in [3.8, 4) is 0 Å². The highest BCUT2D eigenvalue weighted by molar-refractivity contribution is 7.89. The lowest BCUT2D eigenvalue weighted by molar-refractivity contribution is 0.0386. The Morgan fingerprint density at radius 2 is 2.38 bits per heavy atom. The molecule has 1 unspecified atom stereocenters. The van der Waals surface area contributed by atoms with Crippen LogP contribution in [0.5, 0.6) is 0 Å². The number of aromatic amines is 1. The summed E-state index contributed by atoms with van der Waals surface area (Å²) in [5.41, 5.74) is -0.807. The number of carbonyl (C=O) groups is 1. The highest BCUT2D eigenvalue weighted by Gasteiger charge is 2.35. The molecule has 1 aliphatic heterocycles. The highest BCUT2D eigenvalue weighted by atomic mass is 32.2. The van der Waals surface area contributed by atoms with Gasteiger partial charge in [-0.25, -0.2) is 17.9 Å². The number of nitrogens with one attached hydrogen (secondary N) is 2. The van der Waals surface area contributed by atoms with E-state index in [0.717, 1.165) is 12.6 Å². The van der Waals surface area contributed by atoms with E-state index in [4.69, 9.17) is 9.47 Å². The summed E-state index contributed by atoms with van der Waals surface area (Å²) in [6, 6.07) is 0. The van der Waals surface area contributed by atoms with Crippen LogP contribution in [-0.2, 0) is 19.5 Å². The topological polar surface area (TPSA) is 110 Å². The van der Waals surface area contributed by atoms with E-state index in [1.165, 1.54) is 0 Å². The number of ether oxygens (including phenoxy) is 2. The quantitative estimate of drug-likeness (QED) is 0.762. The monoisotopic (exact) mass is 317 g/mol. The van der Waals surface area contributed by atoms with Crippen molar-refractivity contribution >= 4 is 16.0 Å². The molecule has 1 aliphatic rings. The van der Waals surface area contributed by atoms with Crippen LogP contribution in [-0.4, -0.2) is 49.9 Å². The lowest BCUT2D eigenvalue weighted by Crippen LogP contribution is -2.51. The molecule has 0 aliphatic carbocycles. The minimum Gasteiger partial charge on any atom is -0.462 e. The zero-order valence-electron chi connectivity index (χ0n) is 12.0. The second-order valence-electron chi connectivity index (χ2n) is 5.16. The lowest BCUT2D eigenvalue weighted by Gasteiger charge is -2.33. The predicted octanol–water partition coefficient (Wildman–Crippen LogP) is 0.434. The molecule has 2 N–H and O–H groups in total. The Morgan fingerprint density at radius 3 is 3.00 bits per heavy atom. The van der Waals surface area contributed by atoms with E-state index in [1.807, 2.05) is 0 Å². The minimum atomic E-state index is -3.92. The van der Waals surface area contributed by atoms with E-state index in [0.29, 0.717) is 13.0 Å². The molecule has 0 saturated carbocycles. The average molecular weight is 317 g/mol. The zero-order chi connectivity index (χ0) is 15.5. The first-order chi connectivity index (χ1) is 9.88. The molecule has 21 heavy (non-hydrogen) atoms. The van der Waals surface area contributed by atoms with Crippen LogP contribution in [0.3, 0.4) is 0 Å². The maximum Gasteiger partial charge on any atom is 0.342 e. The number of hydrogen-bond acceptors (Lipinski definition) is 6. The molecule has 1 fully saturated rings. The second kappa shape index (κ2) is 6.12. The number of hydrogen-bond donors (Lipinski definition) is 2. The Labute approximate surface area is 123 Å². The van der Waals surface area contributed by atoms with Crippen molar-refractivity contribution in [2.45, 2.75) is 37.3 Å². The van der Waals surface area contributed by atoms with E-state index in [9.17, 15) is 13.2 Å². The van der Waals surface area contributed by atoms with Gasteiger partial charge in [-0.05, 0) is 26.7 Å². The number of rotatable bonds is 5. The van der Waals surface area contributed by atoms with Gasteiger partial charge in [-0.3, -0.25) is 5.10 Å². The van der Waals surface area contributed by atoms with Crippen LogP contribution in [0.1, 0.15) is 37.0 Å². The van der Waals surface area contributed by atoms with E-state index in [-0.39, 0.29) is 23.8 Å². The van der Waals surface area contributed by atoms with E-state index >= 15 is 0 Å². The summed E-state index contributed by atoms with van der Waals surface area (Å²) in [4.78, 5) is 11.7.